The monoisotopic (exact) mass is 296 g/mol. The van der Waals surface area contributed by atoms with Gasteiger partial charge in [-0.2, -0.15) is 0 Å². The number of nitrogens with two attached hydrogens (primary N) is 1. The third-order valence-electron chi connectivity index (χ3n) is 3.18. The van der Waals surface area contributed by atoms with Gasteiger partial charge in [0.25, 0.3) is 0 Å². The molecule has 0 atom stereocenters. The summed E-state index contributed by atoms with van der Waals surface area (Å²) >= 11 is 4.99. The molecule has 0 unspecified atom stereocenters. The lowest BCUT2D eigenvalue weighted by Crippen LogP contribution is -2.38. The van der Waals surface area contributed by atoms with Gasteiger partial charge in [0, 0.05) is 31.3 Å². The Hall–Kier alpha value is -1.37. The Morgan fingerprint density at radius 3 is 2.65 bits per heavy atom. The van der Waals surface area contributed by atoms with Crippen LogP contribution in [-0.4, -0.2) is 56.5 Å². The van der Waals surface area contributed by atoms with Crippen molar-refractivity contribution in [3.05, 3.63) is 23.8 Å². The molecule has 110 valence electrons. The molecular formula is C14H20N2O3S. The molecule has 0 aromatic heterocycles. The van der Waals surface area contributed by atoms with E-state index in [2.05, 4.69) is 4.90 Å². The zero-order chi connectivity index (χ0) is 14.4. The van der Waals surface area contributed by atoms with Crippen molar-refractivity contribution in [1.29, 1.82) is 0 Å². The summed E-state index contributed by atoms with van der Waals surface area (Å²) in [6.07, 6.45) is 0. The quantitative estimate of drug-likeness (QED) is 0.792. The Morgan fingerprint density at radius 2 is 2.00 bits per heavy atom. The van der Waals surface area contributed by atoms with Crippen LogP contribution in [0.1, 0.15) is 5.56 Å². The summed E-state index contributed by atoms with van der Waals surface area (Å²) in [6.45, 7) is 5.00. The lowest BCUT2D eigenvalue weighted by molar-refractivity contribution is 0.0322. The van der Waals surface area contributed by atoms with E-state index in [0.29, 0.717) is 17.3 Å². The van der Waals surface area contributed by atoms with Gasteiger partial charge in [0.2, 0.25) is 0 Å². The average Bonchev–Trinajstić information content (AvgIpc) is 2.48. The van der Waals surface area contributed by atoms with Gasteiger partial charge in [-0.05, 0) is 12.1 Å². The number of ether oxygens (including phenoxy) is 3. The fourth-order valence-corrected chi connectivity index (χ4v) is 2.15. The molecule has 1 heterocycles. The molecule has 0 radical (unpaired) electrons. The van der Waals surface area contributed by atoms with E-state index in [0.717, 1.165) is 44.2 Å². The molecule has 1 aliphatic heterocycles. The molecular weight excluding hydrogens is 276 g/mol. The van der Waals surface area contributed by atoms with Crippen LogP contribution in [-0.2, 0) is 4.74 Å². The number of morpholine rings is 1. The maximum absolute atomic E-state index is 5.76. The maximum atomic E-state index is 5.76. The van der Waals surface area contributed by atoms with Crippen LogP contribution in [0.4, 0.5) is 0 Å². The molecule has 1 aliphatic rings. The van der Waals surface area contributed by atoms with Gasteiger partial charge in [0.15, 0.2) is 0 Å². The van der Waals surface area contributed by atoms with Gasteiger partial charge in [-0.25, -0.2) is 0 Å². The van der Waals surface area contributed by atoms with Gasteiger partial charge in [0.05, 0.1) is 20.3 Å². The van der Waals surface area contributed by atoms with Gasteiger partial charge in [-0.15, -0.1) is 0 Å². The van der Waals surface area contributed by atoms with Crippen LogP contribution in [0.25, 0.3) is 0 Å². The smallest absolute Gasteiger partial charge is 0.123 e. The number of nitrogens with zero attached hydrogens (tertiary/aromatic N) is 1. The highest BCUT2D eigenvalue weighted by molar-refractivity contribution is 7.80. The minimum absolute atomic E-state index is 0.335. The van der Waals surface area contributed by atoms with Gasteiger partial charge in [0.1, 0.15) is 23.1 Å². The Labute approximate surface area is 124 Å². The molecule has 20 heavy (non-hydrogen) atoms. The Kier molecular flexibility index (Phi) is 5.58. The average molecular weight is 296 g/mol. The first-order chi connectivity index (χ1) is 9.69. The maximum Gasteiger partial charge on any atom is 0.123 e. The first kappa shape index (κ1) is 15.0. The van der Waals surface area contributed by atoms with Crippen LogP contribution in [0.5, 0.6) is 11.5 Å². The lowest BCUT2D eigenvalue weighted by Gasteiger charge is -2.26. The highest BCUT2D eigenvalue weighted by atomic mass is 32.1. The molecule has 5 nitrogen and oxygen atoms in total. The minimum Gasteiger partial charge on any atom is -0.497 e. The number of hydrogen-bond acceptors (Lipinski definition) is 5. The molecule has 2 rings (SSSR count). The largest absolute Gasteiger partial charge is 0.497 e. The third-order valence-corrected chi connectivity index (χ3v) is 3.42. The number of hydrogen-bond donors (Lipinski definition) is 1. The summed E-state index contributed by atoms with van der Waals surface area (Å²) in [5, 5.41) is 0. The molecule has 0 bridgehead atoms. The molecule has 0 aliphatic carbocycles. The Bertz CT molecular complexity index is 462. The second kappa shape index (κ2) is 7.42. The summed E-state index contributed by atoms with van der Waals surface area (Å²) in [5.74, 6) is 1.41. The number of benzene rings is 1. The van der Waals surface area contributed by atoms with Crippen LogP contribution in [0.3, 0.4) is 0 Å². The molecule has 1 aromatic rings. The molecule has 1 fully saturated rings. The van der Waals surface area contributed by atoms with Crippen molar-refractivity contribution >= 4 is 17.2 Å². The van der Waals surface area contributed by atoms with Gasteiger partial charge >= 0.3 is 0 Å². The number of rotatable bonds is 6. The Balaban J connectivity index is 1.91. The van der Waals surface area contributed by atoms with Crippen LogP contribution < -0.4 is 15.2 Å². The van der Waals surface area contributed by atoms with Crippen molar-refractivity contribution in [2.75, 3.05) is 46.6 Å². The zero-order valence-electron chi connectivity index (χ0n) is 11.6. The normalized spacial score (nSPS) is 15.8. The van der Waals surface area contributed by atoms with E-state index in [1.165, 1.54) is 0 Å². The highest BCUT2D eigenvalue weighted by Crippen LogP contribution is 2.22. The van der Waals surface area contributed by atoms with Crippen molar-refractivity contribution in [2.24, 2.45) is 5.73 Å². The van der Waals surface area contributed by atoms with E-state index in [1.807, 2.05) is 12.1 Å². The third kappa shape index (κ3) is 4.33. The highest BCUT2D eigenvalue weighted by Gasteiger charge is 2.10. The summed E-state index contributed by atoms with van der Waals surface area (Å²) in [6, 6.07) is 5.47. The molecule has 0 amide bonds. The van der Waals surface area contributed by atoms with E-state index in [1.54, 1.807) is 13.2 Å². The Morgan fingerprint density at radius 1 is 1.30 bits per heavy atom. The number of methoxy groups -OCH3 is 1. The van der Waals surface area contributed by atoms with E-state index in [-0.39, 0.29) is 0 Å². The minimum atomic E-state index is 0.335. The van der Waals surface area contributed by atoms with Crippen LogP contribution in [0.2, 0.25) is 0 Å². The second-order valence-corrected chi connectivity index (χ2v) is 5.00. The van der Waals surface area contributed by atoms with Crippen molar-refractivity contribution in [2.45, 2.75) is 0 Å². The summed E-state index contributed by atoms with van der Waals surface area (Å²) < 4.78 is 16.3. The molecule has 2 N–H and O–H groups in total. The molecule has 1 aromatic carbocycles. The van der Waals surface area contributed by atoms with E-state index in [4.69, 9.17) is 32.2 Å². The van der Waals surface area contributed by atoms with Crippen LogP contribution in [0.15, 0.2) is 18.2 Å². The van der Waals surface area contributed by atoms with Crippen LogP contribution >= 0.6 is 12.2 Å². The van der Waals surface area contributed by atoms with E-state index in [9.17, 15) is 0 Å². The SMILES string of the molecule is COc1cc(OCCN2CCOCC2)cc(C(N)=S)c1. The van der Waals surface area contributed by atoms with Gasteiger partial charge in [-0.3, -0.25) is 4.90 Å². The lowest BCUT2D eigenvalue weighted by atomic mass is 10.2. The first-order valence-corrected chi connectivity index (χ1v) is 7.01. The predicted molar refractivity (Wildman–Crippen MR) is 81.6 cm³/mol. The molecule has 0 saturated carbocycles. The standard InChI is InChI=1S/C14H20N2O3S/c1-17-12-8-11(14(15)20)9-13(10-12)19-7-4-16-2-5-18-6-3-16/h8-10H,2-7H2,1H3,(H2,15,20). The summed E-state index contributed by atoms with van der Waals surface area (Å²) in [5.41, 5.74) is 6.40. The summed E-state index contributed by atoms with van der Waals surface area (Å²) in [7, 11) is 1.61. The van der Waals surface area contributed by atoms with Crippen molar-refractivity contribution in [3.63, 3.8) is 0 Å². The molecule has 1 saturated heterocycles. The van der Waals surface area contributed by atoms with Crippen LogP contribution in [0, 0.1) is 0 Å². The first-order valence-electron chi connectivity index (χ1n) is 6.61. The van der Waals surface area contributed by atoms with Crippen molar-refractivity contribution in [1.82, 2.24) is 4.90 Å². The van der Waals surface area contributed by atoms with E-state index >= 15 is 0 Å². The fraction of sp³-hybridized carbons (Fsp3) is 0.500. The van der Waals surface area contributed by atoms with Gasteiger partial charge < -0.3 is 19.9 Å². The topological polar surface area (TPSA) is 57.0 Å². The second-order valence-electron chi connectivity index (χ2n) is 4.56. The molecule has 0 spiro atoms. The summed E-state index contributed by atoms with van der Waals surface area (Å²) in [4.78, 5) is 2.65. The van der Waals surface area contributed by atoms with Gasteiger partial charge in [-0.1, -0.05) is 12.2 Å². The van der Waals surface area contributed by atoms with E-state index < -0.39 is 0 Å². The van der Waals surface area contributed by atoms with Crippen molar-refractivity contribution in [3.8, 4) is 11.5 Å². The van der Waals surface area contributed by atoms with Crippen molar-refractivity contribution < 1.29 is 14.2 Å². The predicted octanol–water partition coefficient (Wildman–Crippen LogP) is 1.04. The molecule has 6 heteroatoms. The fourth-order valence-electron chi connectivity index (χ4n) is 2.03. The zero-order valence-corrected chi connectivity index (χ0v) is 12.4. The number of thiocarbonyl (C=S) groups is 1.